The van der Waals surface area contributed by atoms with Gasteiger partial charge in [-0.25, -0.2) is 0 Å². The zero-order valence-corrected chi connectivity index (χ0v) is 12.1. The normalized spacial score (nSPS) is 11.0. The van der Waals surface area contributed by atoms with Crippen molar-refractivity contribution in [2.75, 3.05) is 5.32 Å². The highest BCUT2D eigenvalue weighted by atomic mass is 16.1. The molecule has 0 saturated heterocycles. The molecule has 0 heterocycles. The molecule has 0 aromatic heterocycles. The third-order valence-corrected chi connectivity index (χ3v) is 3.14. The summed E-state index contributed by atoms with van der Waals surface area (Å²) in [5.74, 6) is 0.0276. The molecule has 0 bridgehead atoms. The fourth-order valence-corrected chi connectivity index (χ4v) is 1.96. The van der Waals surface area contributed by atoms with Crippen molar-refractivity contribution in [2.24, 2.45) is 0 Å². The van der Waals surface area contributed by atoms with Crippen LogP contribution in [0.4, 0.5) is 5.69 Å². The Bertz CT molecular complexity index is 670. The van der Waals surface area contributed by atoms with Crippen molar-refractivity contribution in [1.82, 2.24) is 0 Å². The van der Waals surface area contributed by atoms with E-state index in [-0.39, 0.29) is 11.6 Å². The zero-order valence-electron chi connectivity index (χ0n) is 12.1. The van der Waals surface area contributed by atoms with Crippen molar-refractivity contribution in [3.8, 4) is 0 Å². The number of nitrogens with one attached hydrogen (secondary N) is 1. The Kier molecular flexibility index (Phi) is 4.67. The molecular formula is C18H17NO2. The maximum Gasteiger partial charge on any atom is 0.161 e. The summed E-state index contributed by atoms with van der Waals surface area (Å²) in [7, 11) is 0. The van der Waals surface area contributed by atoms with Gasteiger partial charge >= 0.3 is 0 Å². The lowest BCUT2D eigenvalue weighted by Crippen LogP contribution is -2.00. The first-order chi connectivity index (χ1) is 10.1. The van der Waals surface area contributed by atoms with E-state index in [1.165, 1.54) is 6.92 Å². The zero-order chi connectivity index (χ0) is 15.2. The molecule has 2 rings (SSSR count). The van der Waals surface area contributed by atoms with Crippen LogP contribution in [-0.4, -0.2) is 11.6 Å². The molecule has 0 fully saturated rings. The predicted octanol–water partition coefficient (Wildman–Crippen LogP) is 3.93. The number of Topliss-reactive ketones (excluding diaryl/α,β-unsaturated/α-hetero) is 2. The van der Waals surface area contributed by atoms with E-state index in [2.05, 4.69) is 5.32 Å². The van der Waals surface area contributed by atoms with Crippen molar-refractivity contribution in [3.63, 3.8) is 0 Å². The first-order valence-corrected chi connectivity index (χ1v) is 6.72. The molecule has 106 valence electrons. The van der Waals surface area contributed by atoms with Crippen LogP contribution in [0.3, 0.4) is 0 Å². The monoisotopic (exact) mass is 279 g/mol. The Labute approximate surface area is 124 Å². The number of hydrogen-bond donors (Lipinski definition) is 1. The van der Waals surface area contributed by atoms with E-state index in [1.807, 2.05) is 42.5 Å². The molecule has 0 aliphatic rings. The van der Waals surface area contributed by atoms with Crippen molar-refractivity contribution < 1.29 is 9.59 Å². The average Bonchev–Trinajstić information content (AvgIpc) is 2.48. The SMILES string of the molecule is CC(=O)/C(=C\Nc1ccc(C(C)=O)cc1)c1ccccc1. The van der Waals surface area contributed by atoms with Gasteiger partial charge in [-0.2, -0.15) is 0 Å². The number of ketones is 2. The molecule has 0 unspecified atom stereocenters. The molecule has 0 atom stereocenters. The Morgan fingerprint density at radius 2 is 1.48 bits per heavy atom. The van der Waals surface area contributed by atoms with Gasteiger partial charge in [0.15, 0.2) is 11.6 Å². The number of carbonyl (C=O) groups excluding carboxylic acids is 2. The number of allylic oxidation sites excluding steroid dienone is 1. The van der Waals surface area contributed by atoms with Crippen LogP contribution in [0.2, 0.25) is 0 Å². The van der Waals surface area contributed by atoms with Gasteiger partial charge < -0.3 is 5.32 Å². The van der Waals surface area contributed by atoms with Gasteiger partial charge in [0.25, 0.3) is 0 Å². The Balaban J connectivity index is 2.21. The molecule has 21 heavy (non-hydrogen) atoms. The van der Waals surface area contributed by atoms with Gasteiger partial charge in [0.2, 0.25) is 0 Å². The largest absolute Gasteiger partial charge is 0.361 e. The van der Waals surface area contributed by atoms with Crippen LogP contribution < -0.4 is 5.32 Å². The van der Waals surface area contributed by atoms with E-state index in [1.54, 1.807) is 25.3 Å². The van der Waals surface area contributed by atoms with Crippen LogP contribution in [-0.2, 0) is 4.79 Å². The molecule has 3 nitrogen and oxygen atoms in total. The molecule has 1 N–H and O–H groups in total. The minimum Gasteiger partial charge on any atom is -0.361 e. The van der Waals surface area contributed by atoms with Gasteiger partial charge in [-0.3, -0.25) is 9.59 Å². The lowest BCUT2D eigenvalue weighted by Gasteiger charge is -2.06. The summed E-state index contributed by atoms with van der Waals surface area (Å²) in [6.07, 6.45) is 1.69. The van der Waals surface area contributed by atoms with Crippen molar-refractivity contribution in [2.45, 2.75) is 13.8 Å². The van der Waals surface area contributed by atoms with E-state index in [9.17, 15) is 9.59 Å². The number of carbonyl (C=O) groups is 2. The average molecular weight is 279 g/mol. The molecule has 0 aliphatic heterocycles. The van der Waals surface area contributed by atoms with E-state index >= 15 is 0 Å². The Morgan fingerprint density at radius 1 is 0.857 bits per heavy atom. The van der Waals surface area contributed by atoms with Gasteiger partial charge in [-0.05, 0) is 43.7 Å². The second-order valence-corrected chi connectivity index (χ2v) is 4.76. The van der Waals surface area contributed by atoms with Crippen molar-refractivity contribution in [1.29, 1.82) is 0 Å². The van der Waals surface area contributed by atoms with Gasteiger partial charge in [0.1, 0.15) is 0 Å². The van der Waals surface area contributed by atoms with E-state index in [0.717, 1.165) is 11.3 Å². The molecule has 2 aromatic rings. The molecule has 0 spiro atoms. The Hall–Kier alpha value is -2.68. The van der Waals surface area contributed by atoms with E-state index in [0.29, 0.717) is 11.1 Å². The summed E-state index contributed by atoms with van der Waals surface area (Å²) >= 11 is 0. The minimum atomic E-state index is -0.00550. The quantitative estimate of drug-likeness (QED) is 0.666. The fraction of sp³-hybridized carbons (Fsp3) is 0.111. The van der Waals surface area contributed by atoms with Gasteiger partial charge in [0.05, 0.1) is 0 Å². The van der Waals surface area contributed by atoms with Crippen molar-refractivity contribution >= 4 is 22.8 Å². The fourth-order valence-electron chi connectivity index (χ4n) is 1.96. The second kappa shape index (κ2) is 6.66. The number of hydrogen-bond acceptors (Lipinski definition) is 3. The topological polar surface area (TPSA) is 46.2 Å². The van der Waals surface area contributed by atoms with Gasteiger partial charge in [0, 0.05) is 23.0 Å². The molecule has 3 heteroatoms. The highest BCUT2D eigenvalue weighted by Crippen LogP contribution is 2.16. The molecule has 2 aromatic carbocycles. The van der Waals surface area contributed by atoms with E-state index in [4.69, 9.17) is 0 Å². The summed E-state index contributed by atoms with van der Waals surface area (Å²) in [6.45, 7) is 3.07. The van der Waals surface area contributed by atoms with Crippen LogP contribution in [0.25, 0.3) is 5.57 Å². The maximum atomic E-state index is 11.8. The molecule has 0 aliphatic carbocycles. The number of benzene rings is 2. The third kappa shape index (κ3) is 3.89. The molecule has 0 amide bonds. The Morgan fingerprint density at radius 3 is 2.00 bits per heavy atom. The van der Waals surface area contributed by atoms with Crippen LogP contribution in [0.5, 0.6) is 0 Å². The summed E-state index contributed by atoms with van der Waals surface area (Å²) in [4.78, 5) is 23.0. The minimum absolute atomic E-state index is 0.00550. The lowest BCUT2D eigenvalue weighted by atomic mass is 10.0. The second-order valence-electron chi connectivity index (χ2n) is 4.76. The smallest absolute Gasteiger partial charge is 0.161 e. The first kappa shape index (κ1) is 14.7. The molecule has 0 radical (unpaired) electrons. The molecule has 0 saturated carbocycles. The summed E-state index contributed by atoms with van der Waals surface area (Å²) in [5.41, 5.74) is 2.98. The summed E-state index contributed by atoms with van der Waals surface area (Å²) in [6, 6.07) is 16.6. The first-order valence-electron chi connectivity index (χ1n) is 6.72. The van der Waals surface area contributed by atoms with Gasteiger partial charge in [-0.15, -0.1) is 0 Å². The van der Waals surface area contributed by atoms with E-state index < -0.39 is 0 Å². The predicted molar refractivity (Wildman–Crippen MR) is 85.2 cm³/mol. The van der Waals surface area contributed by atoms with Crippen LogP contribution in [0.15, 0.2) is 60.8 Å². The van der Waals surface area contributed by atoms with Crippen LogP contribution in [0, 0.1) is 0 Å². The van der Waals surface area contributed by atoms with Crippen LogP contribution >= 0.6 is 0 Å². The molecular weight excluding hydrogens is 262 g/mol. The maximum absolute atomic E-state index is 11.8. The lowest BCUT2D eigenvalue weighted by molar-refractivity contribution is -0.111. The summed E-state index contributed by atoms with van der Waals surface area (Å²) in [5, 5.41) is 3.10. The highest BCUT2D eigenvalue weighted by molar-refractivity contribution is 6.19. The highest BCUT2D eigenvalue weighted by Gasteiger charge is 2.06. The van der Waals surface area contributed by atoms with Crippen LogP contribution in [0.1, 0.15) is 29.8 Å². The third-order valence-electron chi connectivity index (χ3n) is 3.14. The summed E-state index contributed by atoms with van der Waals surface area (Å²) < 4.78 is 0. The van der Waals surface area contributed by atoms with Gasteiger partial charge in [-0.1, -0.05) is 30.3 Å². The number of anilines is 1. The van der Waals surface area contributed by atoms with Crippen molar-refractivity contribution in [3.05, 3.63) is 71.9 Å². The standard InChI is InChI=1S/C18H17NO2/c1-13(20)15-8-10-17(11-9-15)19-12-18(14(2)21)16-6-4-3-5-7-16/h3-12,19H,1-2H3/b18-12+. The number of rotatable bonds is 5.